The number of aromatic amines is 1. The number of ether oxygens (including phenoxy) is 2. The number of benzene rings is 3. The van der Waals surface area contributed by atoms with Gasteiger partial charge in [0.15, 0.2) is 0 Å². The van der Waals surface area contributed by atoms with Crippen molar-refractivity contribution in [3.05, 3.63) is 107 Å². The van der Waals surface area contributed by atoms with Gasteiger partial charge in [-0.25, -0.2) is 9.97 Å². The van der Waals surface area contributed by atoms with Gasteiger partial charge in [-0.15, -0.1) is 0 Å². The summed E-state index contributed by atoms with van der Waals surface area (Å²) >= 11 is 0. The Morgan fingerprint density at radius 2 is 1.64 bits per heavy atom. The Kier molecular flexibility index (Phi) is 6.99. The topological polar surface area (TPSA) is 60.0 Å². The molecule has 5 rings (SSSR count). The van der Waals surface area contributed by atoms with Gasteiger partial charge >= 0.3 is 0 Å². The van der Waals surface area contributed by atoms with Crippen molar-refractivity contribution in [3.63, 3.8) is 0 Å². The second-order valence-corrected chi connectivity index (χ2v) is 9.06. The molecule has 0 aliphatic rings. The molecular formula is C31H31N3O2. The van der Waals surface area contributed by atoms with Gasteiger partial charge in [0.2, 0.25) is 5.88 Å². The highest BCUT2D eigenvalue weighted by molar-refractivity contribution is 5.95. The molecule has 2 aromatic heterocycles. The van der Waals surface area contributed by atoms with Crippen LogP contribution in [0.15, 0.2) is 84.9 Å². The van der Waals surface area contributed by atoms with E-state index in [1.54, 1.807) is 7.11 Å². The van der Waals surface area contributed by atoms with Gasteiger partial charge < -0.3 is 14.5 Å². The Labute approximate surface area is 212 Å². The fourth-order valence-electron chi connectivity index (χ4n) is 4.64. The van der Waals surface area contributed by atoms with Crippen LogP contribution in [0.2, 0.25) is 0 Å². The Hall–Kier alpha value is -4.12. The molecule has 1 atom stereocenters. The third kappa shape index (κ3) is 4.96. The van der Waals surface area contributed by atoms with E-state index in [-0.39, 0.29) is 5.92 Å². The lowest BCUT2D eigenvalue weighted by Gasteiger charge is -2.14. The van der Waals surface area contributed by atoms with E-state index in [0.717, 1.165) is 57.8 Å². The minimum absolute atomic E-state index is 0.177. The summed E-state index contributed by atoms with van der Waals surface area (Å²) < 4.78 is 11.7. The number of hydrogen-bond acceptors (Lipinski definition) is 4. The molecule has 1 N–H and O–H groups in total. The third-order valence-corrected chi connectivity index (χ3v) is 6.41. The molecule has 5 nitrogen and oxygen atoms in total. The number of pyridine rings is 1. The van der Waals surface area contributed by atoms with Crippen molar-refractivity contribution in [2.75, 3.05) is 7.11 Å². The molecule has 182 valence electrons. The minimum Gasteiger partial charge on any atom is -0.494 e. The van der Waals surface area contributed by atoms with Gasteiger partial charge in [-0.3, -0.25) is 0 Å². The first-order valence-electron chi connectivity index (χ1n) is 12.4. The predicted octanol–water partition coefficient (Wildman–Crippen LogP) is 7.45. The highest BCUT2D eigenvalue weighted by Gasteiger charge is 2.21. The molecule has 0 radical (unpaired) electrons. The molecule has 0 bridgehead atoms. The van der Waals surface area contributed by atoms with Crippen LogP contribution in [0.1, 0.15) is 48.2 Å². The molecule has 3 aromatic carbocycles. The van der Waals surface area contributed by atoms with Crippen molar-refractivity contribution in [2.24, 2.45) is 0 Å². The minimum atomic E-state index is 0.177. The zero-order chi connectivity index (χ0) is 24.9. The summed E-state index contributed by atoms with van der Waals surface area (Å²) in [4.78, 5) is 13.6. The Morgan fingerprint density at radius 3 is 2.36 bits per heavy atom. The zero-order valence-electron chi connectivity index (χ0n) is 21.0. The van der Waals surface area contributed by atoms with Crippen molar-refractivity contribution in [3.8, 4) is 22.9 Å². The Bertz CT molecular complexity index is 1450. The maximum atomic E-state index is 6.06. The SMILES string of the molecule is CCCC(c1ccccc1)c1nc2c(OC)ccc(-c3cc(C)cc(OCc4ccccc4)n3)c2[nH]1. The second kappa shape index (κ2) is 10.6. The van der Waals surface area contributed by atoms with Crippen molar-refractivity contribution < 1.29 is 9.47 Å². The molecule has 0 aliphatic heterocycles. The number of H-pyrrole nitrogens is 1. The second-order valence-electron chi connectivity index (χ2n) is 9.06. The van der Waals surface area contributed by atoms with Crippen LogP contribution >= 0.6 is 0 Å². The van der Waals surface area contributed by atoms with Crippen LogP contribution in [0, 0.1) is 6.92 Å². The maximum Gasteiger partial charge on any atom is 0.214 e. The molecule has 1 unspecified atom stereocenters. The molecule has 5 aromatic rings. The van der Waals surface area contributed by atoms with Crippen molar-refractivity contribution in [1.29, 1.82) is 0 Å². The van der Waals surface area contributed by atoms with E-state index in [1.165, 1.54) is 5.56 Å². The summed E-state index contributed by atoms with van der Waals surface area (Å²) in [6.07, 6.45) is 2.06. The number of nitrogens with zero attached hydrogens (tertiary/aromatic N) is 2. The van der Waals surface area contributed by atoms with Crippen LogP contribution in [-0.4, -0.2) is 22.1 Å². The number of aryl methyl sites for hydroxylation is 1. The lowest BCUT2D eigenvalue weighted by atomic mass is 9.94. The lowest BCUT2D eigenvalue weighted by molar-refractivity contribution is 0.294. The normalized spacial score (nSPS) is 12.0. The zero-order valence-corrected chi connectivity index (χ0v) is 21.0. The molecular weight excluding hydrogens is 446 g/mol. The first-order chi connectivity index (χ1) is 17.7. The van der Waals surface area contributed by atoms with E-state index in [4.69, 9.17) is 19.4 Å². The Balaban J connectivity index is 1.56. The van der Waals surface area contributed by atoms with Crippen LogP contribution in [0.5, 0.6) is 11.6 Å². The first kappa shape index (κ1) is 23.6. The van der Waals surface area contributed by atoms with Crippen LogP contribution in [-0.2, 0) is 6.61 Å². The van der Waals surface area contributed by atoms with E-state index < -0.39 is 0 Å². The molecule has 36 heavy (non-hydrogen) atoms. The maximum absolute atomic E-state index is 6.06. The van der Waals surface area contributed by atoms with E-state index >= 15 is 0 Å². The molecule has 0 fully saturated rings. The number of fused-ring (bicyclic) bond motifs is 1. The number of methoxy groups -OCH3 is 1. The van der Waals surface area contributed by atoms with Crippen molar-refractivity contribution in [1.82, 2.24) is 15.0 Å². The fourth-order valence-corrected chi connectivity index (χ4v) is 4.64. The molecule has 0 amide bonds. The molecule has 2 heterocycles. The largest absolute Gasteiger partial charge is 0.494 e. The average molecular weight is 478 g/mol. The smallest absolute Gasteiger partial charge is 0.214 e. The summed E-state index contributed by atoms with van der Waals surface area (Å²) in [5, 5.41) is 0. The highest BCUT2D eigenvalue weighted by atomic mass is 16.5. The number of nitrogens with one attached hydrogen (secondary N) is 1. The molecule has 0 saturated carbocycles. The van der Waals surface area contributed by atoms with Crippen molar-refractivity contribution >= 4 is 11.0 Å². The molecule has 5 heteroatoms. The van der Waals surface area contributed by atoms with E-state index in [0.29, 0.717) is 12.5 Å². The number of hydrogen-bond donors (Lipinski definition) is 1. The quantitative estimate of drug-likeness (QED) is 0.239. The van der Waals surface area contributed by atoms with Gasteiger partial charge in [0, 0.05) is 17.5 Å². The van der Waals surface area contributed by atoms with Gasteiger partial charge in [-0.2, -0.15) is 0 Å². The van der Waals surface area contributed by atoms with Crippen LogP contribution in [0.4, 0.5) is 0 Å². The number of imidazole rings is 1. The lowest BCUT2D eigenvalue weighted by Crippen LogP contribution is -2.03. The summed E-state index contributed by atoms with van der Waals surface area (Å²) in [6, 6.07) is 28.8. The highest BCUT2D eigenvalue weighted by Crippen LogP contribution is 2.36. The van der Waals surface area contributed by atoms with E-state index in [9.17, 15) is 0 Å². The van der Waals surface area contributed by atoms with Crippen LogP contribution in [0.3, 0.4) is 0 Å². The fraction of sp³-hybridized carbons (Fsp3) is 0.226. The molecule has 0 saturated heterocycles. The average Bonchev–Trinajstić information content (AvgIpc) is 3.36. The number of rotatable bonds is 9. The van der Waals surface area contributed by atoms with E-state index in [2.05, 4.69) is 61.3 Å². The first-order valence-corrected chi connectivity index (χ1v) is 12.4. The van der Waals surface area contributed by atoms with Crippen molar-refractivity contribution in [2.45, 2.75) is 39.2 Å². The standard InChI is InChI=1S/C31H31N3O2/c1-4-11-24(23-14-9-6-10-15-23)31-33-29-25(16-17-27(35-3)30(29)34-31)26-18-21(2)19-28(32-26)36-20-22-12-7-5-8-13-22/h5-10,12-19,24H,4,11,20H2,1-3H3,(H,33,34). The van der Waals surface area contributed by atoms with Crippen LogP contribution < -0.4 is 9.47 Å². The number of aromatic nitrogens is 3. The summed E-state index contributed by atoms with van der Waals surface area (Å²) in [5.74, 6) is 2.46. The third-order valence-electron chi connectivity index (χ3n) is 6.41. The monoisotopic (exact) mass is 477 g/mol. The summed E-state index contributed by atoms with van der Waals surface area (Å²) in [7, 11) is 1.68. The van der Waals surface area contributed by atoms with Crippen LogP contribution in [0.25, 0.3) is 22.3 Å². The summed E-state index contributed by atoms with van der Waals surface area (Å²) in [5.41, 5.74) is 7.00. The van der Waals surface area contributed by atoms with Gasteiger partial charge in [0.25, 0.3) is 0 Å². The van der Waals surface area contributed by atoms with Gasteiger partial charge in [-0.05, 0) is 48.2 Å². The van der Waals surface area contributed by atoms with Gasteiger partial charge in [0.05, 0.1) is 18.3 Å². The van der Waals surface area contributed by atoms with Gasteiger partial charge in [-0.1, -0.05) is 74.0 Å². The molecule has 0 aliphatic carbocycles. The van der Waals surface area contributed by atoms with Gasteiger partial charge in [0.1, 0.15) is 23.7 Å². The molecule has 0 spiro atoms. The Morgan fingerprint density at radius 1 is 0.889 bits per heavy atom. The summed E-state index contributed by atoms with van der Waals surface area (Å²) in [6.45, 7) is 4.74. The van der Waals surface area contributed by atoms with E-state index in [1.807, 2.05) is 42.5 Å². The predicted molar refractivity (Wildman–Crippen MR) is 145 cm³/mol.